The topological polar surface area (TPSA) is 55.8 Å². The minimum atomic E-state index is -0.983. The van der Waals surface area contributed by atoms with E-state index < -0.39 is 5.97 Å². The summed E-state index contributed by atoms with van der Waals surface area (Å²) >= 11 is 0. The van der Waals surface area contributed by atoms with Gasteiger partial charge >= 0.3 is 5.97 Å². The van der Waals surface area contributed by atoms with E-state index in [-0.39, 0.29) is 5.57 Å². The van der Waals surface area contributed by atoms with E-state index in [0.717, 1.165) is 11.1 Å². The molecule has 0 aliphatic carbocycles. The van der Waals surface area contributed by atoms with Crippen molar-refractivity contribution in [2.45, 2.75) is 13.8 Å². The molecule has 0 atom stereocenters. The van der Waals surface area contributed by atoms with Crippen molar-refractivity contribution in [3.8, 4) is 11.5 Å². The SMILES string of the molecule is COc1cccc(/C=C(\C(=O)O)c2cc(C)ccc2C)c1OC. The van der Waals surface area contributed by atoms with Gasteiger partial charge in [0.15, 0.2) is 11.5 Å². The van der Waals surface area contributed by atoms with Crippen LogP contribution >= 0.6 is 0 Å². The van der Waals surface area contributed by atoms with Crippen molar-refractivity contribution in [1.82, 2.24) is 0 Å². The number of aryl methyl sites for hydroxylation is 2. The molecule has 0 aromatic heterocycles. The Labute approximate surface area is 136 Å². The van der Waals surface area contributed by atoms with Crippen LogP contribution in [0, 0.1) is 13.8 Å². The minimum Gasteiger partial charge on any atom is -0.493 e. The molecule has 0 radical (unpaired) electrons. The summed E-state index contributed by atoms with van der Waals surface area (Å²) in [5.74, 6) is 0.0922. The van der Waals surface area contributed by atoms with Crippen LogP contribution in [0.3, 0.4) is 0 Å². The van der Waals surface area contributed by atoms with Crippen LogP contribution in [0.25, 0.3) is 11.6 Å². The quantitative estimate of drug-likeness (QED) is 0.671. The molecule has 0 heterocycles. The largest absolute Gasteiger partial charge is 0.493 e. The number of carboxylic acid groups (broad SMARTS) is 1. The Bertz CT molecular complexity index is 760. The van der Waals surface area contributed by atoms with E-state index in [1.165, 1.54) is 7.11 Å². The molecule has 2 aromatic carbocycles. The second-order valence-corrected chi connectivity index (χ2v) is 5.26. The standard InChI is InChI=1S/C19H20O4/c1-12-8-9-13(2)15(10-12)16(19(20)21)11-14-6-5-7-17(22-3)18(14)23-4/h5-11H,1-4H3,(H,20,21)/b16-11-. The molecule has 0 bridgehead atoms. The summed E-state index contributed by atoms with van der Waals surface area (Å²) in [5.41, 5.74) is 3.49. The fourth-order valence-corrected chi connectivity index (χ4v) is 2.46. The van der Waals surface area contributed by atoms with Crippen LogP contribution in [0.2, 0.25) is 0 Å². The van der Waals surface area contributed by atoms with E-state index in [1.807, 2.05) is 32.0 Å². The van der Waals surface area contributed by atoms with Gasteiger partial charge in [-0.3, -0.25) is 0 Å². The first-order valence-corrected chi connectivity index (χ1v) is 7.21. The van der Waals surface area contributed by atoms with Gasteiger partial charge in [-0.1, -0.05) is 35.9 Å². The fraction of sp³-hybridized carbons (Fsp3) is 0.211. The fourth-order valence-electron chi connectivity index (χ4n) is 2.46. The van der Waals surface area contributed by atoms with Crippen molar-refractivity contribution in [3.05, 3.63) is 58.7 Å². The van der Waals surface area contributed by atoms with Crippen molar-refractivity contribution in [2.24, 2.45) is 0 Å². The number of ether oxygens (including phenoxy) is 2. The predicted molar refractivity (Wildman–Crippen MR) is 91.0 cm³/mol. The minimum absolute atomic E-state index is 0.220. The molecule has 0 saturated carbocycles. The summed E-state index contributed by atoms with van der Waals surface area (Å²) in [4.78, 5) is 11.8. The Hall–Kier alpha value is -2.75. The smallest absolute Gasteiger partial charge is 0.336 e. The van der Waals surface area contributed by atoms with Gasteiger partial charge < -0.3 is 14.6 Å². The Kier molecular flexibility index (Phi) is 5.06. The third-order valence-electron chi connectivity index (χ3n) is 3.65. The maximum atomic E-state index is 11.8. The molecule has 4 heteroatoms. The van der Waals surface area contributed by atoms with Gasteiger partial charge in [-0.15, -0.1) is 0 Å². The average molecular weight is 312 g/mol. The Balaban J connectivity index is 2.66. The summed E-state index contributed by atoms with van der Waals surface area (Å²) in [6, 6.07) is 11.1. The molecule has 0 fully saturated rings. The van der Waals surface area contributed by atoms with E-state index >= 15 is 0 Å². The number of hydrogen-bond acceptors (Lipinski definition) is 3. The number of methoxy groups -OCH3 is 2. The molecular formula is C19H20O4. The van der Waals surface area contributed by atoms with Gasteiger partial charge in [-0.2, -0.15) is 0 Å². The zero-order valence-electron chi connectivity index (χ0n) is 13.7. The lowest BCUT2D eigenvalue weighted by atomic mass is 9.96. The van der Waals surface area contributed by atoms with Crippen LogP contribution in [-0.4, -0.2) is 25.3 Å². The first-order chi connectivity index (χ1) is 11.0. The summed E-state index contributed by atoms with van der Waals surface area (Å²) < 4.78 is 10.6. The van der Waals surface area contributed by atoms with Crippen LogP contribution < -0.4 is 9.47 Å². The molecule has 0 aliphatic heterocycles. The van der Waals surface area contributed by atoms with E-state index in [4.69, 9.17) is 9.47 Å². The maximum absolute atomic E-state index is 11.8. The Morgan fingerprint density at radius 1 is 1.09 bits per heavy atom. The molecule has 0 spiro atoms. The van der Waals surface area contributed by atoms with Gasteiger partial charge in [-0.05, 0) is 37.1 Å². The van der Waals surface area contributed by atoms with Crippen molar-refractivity contribution in [2.75, 3.05) is 14.2 Å². The van der Waals surface area contributed by atoms with Crippen molar-refractivity contribution in [3.63, 3.8) is 0 Å². The van der Waals surface area contributed by atoms with E-state index in [1.54, 1.807) is 31.4 Å². The molecule has 0 amide bonds. The molecule has 2 aromatic rings. The maximum Gasteiger partial charge on any atom is 0.336 e. The first-order valence-electron chi connectivity index (χ1n) is 7.21. The molecule has 2 rings (SSSR count). The zero-order chi connectivity index (χ0) is 17.0. The van der Waals surface area contributed by atoms with Gasteiger partial charge in [0.2, 0.25) is 0 Å². The number of hydrogen-bond donors (Lipinski definition) is 1. The van der Waals surface area contributed by atoms with Gasteiger partial charge in [0, 0.05) is 5.56 Å². The van der Waals surface area contributed by atoms with E-state index in [2.05, 4.69) is 0 Å². The van der Waals surface area contributed by atoms with Crippen molar-refractivity contribution >= 4 is 17.6 Å². The lowest BCUT2D eigenvalue weighted by Crippen LogP contribution is -2.02. The van der Waals surface area contributed by atoms with Gasteiger partial charge in [-0.25, -0.2) is 4.79 Å². The van der Waals surface area contributed by atoms with Crippen LogP contribution in [0.4, 0.5) is 0 Å². The summed E-state index contributed by atoms with van der Waals surface area (Å²) in [6.07, 6.45) is 1.62. The summed E-state index contributed by atoms with van der Waals surface area (Å²) in [5, 5.41) is 9.65. The molecule has 120 valence electrons. The van der Waals surface area contributed by atoms with Crippen LogP contribution in [-0.2, 0) is 4.79 Å². The molecule has 0 unspecified atom stereocenters. The van der Waals surface area contributed by atoms with Crippen LogP contribution in [0.5, 0.6) is 11.5 Å². The number of para-hydroxylation sites is 1. The average Bonchev–Trinajstić information content (AvgIpc) is 2.54. The molecule has 0 saturated heterocycles. The normalized spacial score (nSPS) is 11.2. The number of rotatable bonds is 5. The number of carbonyl (C=O) groups is 1. The van der Waals surface area contributed by atoms with Gasteiger partial charge in [0.1, 0.15) is 0 Å². The number of benzene rings is 2. The number of aliphatic carboxylic acids is 1. The zero-order valence-corrected chi connectivity index (χ0v) is 13.7. The predicted octanol–water partition coefficient (Wildman–Crippen LogP) is 3.95. The molecule has 0 aliphatic rings. The Morgan fingerprint density at radius 2 is 1.83 bits per heavy atom. The van der Waals surface area contributed by atoms with E-state index in [9.17, 15) is 9.90 Å². The summed E-state index contributed by atoms with van der Waals surface area (Å²) in [6.45, 7) is 3.84. The second kappa shape index (κ2) is 7.01. The van der Waals surface area contributed by atoms with Gasteiger partial charge in [0.25, 0.3) is 0 Å². The lowest BCUT2D eigenvalue weighted by molar-refractivity contribution is -0.130. The highest BCUT2D eigenvalue weighted by atomic mass is 16.5. The highest BCUT2D eigenvalue weighted by molar-refractivity contribution is 6.21. The Morgan fingerprint density at radius 3 is 2.43 bits per heavy atom. The number of carboxylic acids is 1. The lowest BCUT2D eigenvalue weighted by Gasteiger charge is -2.12. The van der Waals surface area contributed by atoms with Crippen LogP contribution in [0.1, 0.15) is 22.3 Å². The van der Waals surface area contributed by atoms with E-state index in [0.29, 0.717) is 22.6 Å². The third kappa shape index (κ3) is 3.54. The highest BCUT2D eigenvalue weighted by Gasteiger charge is 2.16. The highest BCUT2D eigenvalue weighted by Crippen LogP contribution is 2.34. The molecular weight excluding hydrogens is 292 g/mol. The van der Waals surface area contributed by atoms with Crippen molar-refractivity contribution < 1.29 is 19.4 Å². The summed E-state index contributed by atoms with van der Waals surface area (Å²) in [7, 11) is 3.09. The van der Waals surface area contributed by atoms with Gasteiger partial charge in [0.05, 0.1) is 19.8 Å². The molecule has 4 nitrogen and oxygen atoms in total. The third-order valence-corrected chi connectivity index (χ3v) is 3.65. The first kappa shape index (κ1) is 16.6. The monoisotopic (exact) mass is 312 g/mol. The van der Waals surface area contributed by atoms with Crippen LogP contribution in [0.15, 0.2) is 36.4 Å². The van der Waals surface area contributed by atoms with Crippen molar-refractivity contribution in [1.29, 1.82) is 0 Å². The molecule has 1 N–H and O–H groups in total. The molecule has 23 heavy (non-hydrogen) atoms. The second-order valence-electron chi connectivity index (χ2n) is 5.26.